The smallest absolute Gasteiger partial charge is 0.287 e. The van der Waals surface area contributed by atoms with Crippen LogP contribution in [0.3, 0.4) is 0 Å². The number of aryl methyl sites for hydroxylation is 1. The molecule has 19 heavy (non-hydrogen) atoms. The van der Waals surface area contributed by atoms with Crippen LogP contribution in [0.2, 0.25) is 0 Å². The van der Waals surface area contributed by atoms with Crippen molar-refractivity contribution in [2.24, 2.45) is 0 Å². The Balaban J connectivity index is 2.64. The molecule has 0 saturated heterocycles. The summed E-state index contributed by atoms with van der Waals surface area (Å²) in [5.41, 5.74) is 0.261. The van der Waals surface area contributed by atoms with E-state index < -0.39 is 4.92 Å². The van der Waals surface area contributed by atoms with Crippen LogP contribution in [0.4, 0.5) is 11.5 Å². The van der Waals surface area contributed by atoms with E-state index in [1.54, 1.807) is 6.92 Å². The number of carbonyl (C=O) groups excluding carboxylic acids is 1. The first-order valence-corrected chi connectivity index (χ1v) is 5.85. The Bertz CT molecular complexity index is 494. The van der Waals surface area contributed by atoms with Gasteiger partial charge >= 0.3 is 0 Å². The summed E-state index contributed by atoms with van der Waals surface area (Å²) in [6, 6.07) is 1.41. The van der Waals surface area contributed by atoms with Crippen LogP contribution < -0.4 is 10.6 Å². The topological polar surface area (TPSA) is 97.2 Å². The summed E-state index contributed by atoms with van der Waals surface area (Å²) in [6.45, 7) is 7.44. The Morgan fingerprint density at radius 3 is 2.58 bits per heavy atom. The van der Waals surface area contributed by atoms with Crippen LogP contribution in [-0.2, 0) is 4.79 Å². The molecule has 0 spiro atoms. The molecule has 1 aromatic heterocycles. The van der Waals surface area contributed by atoms with Crippen molar-refractivity contribution in [2.45, 2.75) is 33.2 Å². The summed E-state index contributed by atoms with van der Waals surface area (Å²) >= 11 is 0. The fourth-order valence-corrected chi connectivity index (χ4v) is 1.47. The van der Waals surface area contributed by atoms with E-state index in [1.807, 2.05) is 20.8 Å². The van der Waals surface area contributed by atoms with Gasteiger partial charge in [-0.3, -0.25) is 14.9 Å². The van der Waals surface area contributed by atoms with E-state index in [2.05, 4.69) is 15.6 Å². The fourth-order valence-electron chi connectivity index (χ4n) is 1.47. The quantitative estimate of drug-likeness (QED) is 0.637. The third-order valence-electron chi connectivity index (χ3n) is 2.21. The van der Waals surface area contributed by atoms with E-state index in [0.717, 1.165) is 6.20 Å². The van der Waals surface area contributed by atoms with E-state index in [4.69, 9.17) is 0 Å². The van der Waals surface area contributed by atoms with Gasteiger partial charge in [-0.15, -0.1) is 0 Å². The molecular formula is C12H18N4O3. The first kappa shape index (κ1) is 14.9. The largest absolute Gasteiger partial charge is 0.361 e. The molecule has 0 bridgehead atoms. The van der Waals surface area contributed by atoms with E-state index in [1.165, 1.54) is 6.07 Å². The minimum absolute atomic E-state index is 0.0674. The van der Waals surface area contributed by atoms with Gasteiger partial charge in [-0.2, -0.15) is 0 Å². The number of rotatable bonds is 4. The molecule has 1 amide bonds. The molecule has 1 heterocycles. The minimum Gasteiger partial charge on any atom is -0.361 e. The molecule has 2 N–H and O–H groups in total. The van der Waals surface area contributed by atoms with Gasteiger partial charge in [0.1, 0.15) is 12.0 Å². The van der Waals surface area contributed by atoms with Gasteiger partial charge < -0.3 is 10.6 Å². The van der Waals surface area contributed by atoms with E-state index in [0.29, 0.717) is 11.4 Å². The Morgan fingerprint density at radius 1 is 1.47 bits per heavy atom. The van der Waals surface area contributed by atoms with Crippen molar-refractivity contribution in [3.05, 3.63) is 27.9 Å². The maximum Gasteiger partial charge on any atom is 0.287 e. The molecule has 0 aliphatic rings. The number of anilines is 1. The Hall–Kier alpha value is -2.18. The van der Waals surface area contributed by atoms with Gasteiger partial charge in [0.2, 0.25) is 5.91 Å². The van der Waals surface area contributed by atoms with Crippen LogP contribution in [-0.4, -0.2) is 27.9 Å². The molecule has 0 aliphatic heterocycles. The summed E-state index contributed by atoms with van der Waals surface area (Å²) < 4.78 is 0. The number of aromatic nitrogens is 1. The lowest BCUT2D eigenvalue weighted by Gasteiger charge is -2.20. The number of pyridine rings is 1. The molecular weight excluding hydrogens is 248 g/mol. The first-order chi connectivity index (χ1) is 8.69. The fraction of sp³-hybridized carbons (Fsp3) is 0.500. The molecule has 7 nitrogen and oxygen atoms in total. The summed E-state index contributed by atoms with van der Waals surface area (Å²) in [6.07, 6.45) is 1.16. The highest BCUT2D eigenvalue weighted by atomic mass is 16.6. The second kappa shape index (κ2) is 5.64. The van der Waals surface area contributed by atoms with E-state index in [9.17, 15) is 14.9 Å². The van der Waals surface area contributed by atoms with Crippen LogP contribution in [0.15, 0.2) is 12.3 Å². The molecule has 1 rings (SSSR count). The number of nitrogens with zero attached hydrogens (tertiary/aromatic N) is 2. The lowest BCUT2D eigenvalue weighted by molar-refractivity contribution is -0.385. The zero-order valence-electron chi connectivity index (χ0n) is 11.5. The van der Waals surface area contributed by atoms with Crippen molar-refractivity contribution >= 4 is 17.4 Å². The highest BCUT2D eigenvalue weighted by molar-refractivity contribution is 5.81. The number of nitro groups is 1. The van der Waals surface area contributed by atoms with Gasteiger partial charge in [0, 0.05) is 11.6 Å². The number of amides is 1. The van der Waals surface area contributed by atoms with Crippen molar-refractivity contribution < 1.29 is 9.72 Å². The van der Waals surface area contributed by atoms with Crippen molar-refractivity contribution in [3.63, 3.8) is 0 Å². The van der Waals surface area contributed by atoms with Crippen molar-refractivity contribution in [1.82, 2.24) is 10.3 Å². The lowest BCUT2D eigenvalue weighted by Crippen LogP contribution is -2.43. The third kappa shape index (κ3) is 4.90. The number of hydrogen-bond donors (Lipinski definition) is 2. The Morgan fingerprint density at radius 2 is 2.11 bits per heavy atom. The predicted octanol–water partition coefficient (Wildman–Crippen LogP) is 1.62. The van der Waals surface area contributed by atoms with Gasteiger partial charge in [0.25, 0.3) is 5.69 Å². The van der Waals surface area contributed by atoms with E-state index in [-0.39, 0.29) is 23.7 Å². The molecule has 0 saturated carbocycles. The van der Waals surface area contributed by atoms with Crippen LogP contribution in [0, 0.1) is 17.0 Å². The zero-order chi connectivity index (χ0) is 14.6. The normalized spacial score (nSPS) is 10.9. The highest BCUT2D eigenvalue weighted by Gasteiger charge is 2.14. The SMILES string of the molecule is Cc1cc([N+](=O)[O-])cnc1NCC(=O)NC(C)(C)C. The average Bonchev–Trinajstić information content (AvgIpc) is 2.24. The lowest BCUT2D eigenvalue weighted by atomic mass is 10.1. The van der Waals surface area contributed by atoms with Gasteiger partial charge in [0.15, 0.2) is 0 Å². The van der Waals surface area contributed by atoms with Crippen molar-refractivity contribution in [1.29, 1.82) is 0 Å². The van der Waals surface area contributed by atoms with Crippen molar-refractivity contribution in [2.75, 3.05) is 11.9 Å². The summed E-state index contributed by atoms with van der Waals surface area (Å²) in [4.78, 5) is 25.6. The second-order valence-electron chi connectivity index (χ2n) is 5.27. The zero-order valence-corrected chi connectivity index (χ0v) is 11.5. The number of nitrogens with one attached hydrogen (secondary N) is 2. The van der Waals surface area contributed by atoms with Crippen LogP contribution in [0.25, 0.3) is 0 Å². The third-order valence-corrected chi connectivity index (χ3v) is 2.21. The Labute approximate surface area is 111 Å². The molecule has 1 aromatic rings. The maximum absolute atomic E-state index is 11.6. The maximum atomic E-state index is 11.6. The van der Waals surface area contributed by atoms with E-state index >= 15 is 0 Å². The molecule has 0 aromatic carbocycles. The van der Waals surface area contributed by atoms with Crippen LogP contribution >= 0.6 is 0 Å². The molecule has 0 atom stereocenters. The molecule has 104 valence electrons. The van der Waals surface area contributed by atoms with Crippen molar-refractivity contribution in [3.8, 4) is 0 Å². The predicted molar refractivity (Wildman–Crippen MR) is 72.0 cm³/mol. The highest BCUT2D eigenvalue weighted by Crippen LogP contribution is 2.17. The first-order valence-electron chi connectivity index (χ1n) is 5.85. The van der Waals surface area contributed by atoms with Crippen LogP contribution in [0.1, 0.15) is 26.3 Å². The van der Waals surface area contributed by atoms with Gasteiger partial charge in [-0.05, 0) is 33.3 Å². The Kier molecular flexibility index (Phi) is 4.42. The second-order valence-corrected chi connectivity index (χ2v) is 5.27. The summed E-state index contributed by atoms with van der Waals surface area (Å²) in [5.74, 6) is 0.307. The minimum atomic E-state index is -0.504. The average molecular weight is 266 g/mol. The van der Waals surface area contributed by atoms with Gasteiger partial charge in [-0.25, -0.2) is 4.98 Å². The van der Waals surface area contributed by atoms with Crippen LogP contribution in [0.5, 0.6) is 0 Å². The monoisotopic (exact) mass is 266 g/mol. The molecule has 7 heteroatoms. The molecule has 0 radical (unpaired) electrons. The molecule has 0 aliphatic carbocycles. The van der Waals surface area contributed by atoms with Gasteiger partial charge in [0.05, 0.1) is 11.5 Å². The standard InChI is InChI=1S/C12H18N4O3/c1-8-5-9(16(18)19)6-13-11(8)14-7-10(17)15-12(2,3)4/h5-6H,7H2,1-4H3,(H,13,14)(H,15,17). The number of carbonyl (C=O) groups is 1. The summed E-state index contributed by atoms with van der Waals surface area (Å²) in [7, 11) is 0. The molecule has 0 fully saturated rings. The summed E-state index contributed by atoms with van der Waals surface area (Å²) in [5, 5.41) is 16.2. The molecule has 0 unspecified atom stereocenters. The van der Waals surface area contributed by atoms with Gasteiger partial charge in [-0.1, -0.05) is 0 Å². The number of hydrogen-bond acceptors (Lipinski definition) is 5.